The van der Waals surface area contributed by atoms with Gasteiger partial charge in [0.25, 0.3) is 0 Å². The summed E-state index contributed by atoms with van der Waals surface area (Å²) in [4.78, 5) is 21.7. The van der Waals surface area contributed by atoms with E-state index in [0.29, 0.717) is 5.69 Å². The normalized spacial score (nSPS) is 10.2. The van der Waals surface area contributed by atoms with Crippen molar-refractivity contribution in [3.05, 3.63) is 58.4 Å². The summed E-state index contributed by atoms with van der Waals surface area (Å²) in [6, 6.07) is 7.73. The Balaban J connectivity index is 2.30. The summed E-state index contributed by atoms with van der Waals surface area (Å²) in [7, 11) is 0. The molecule has 4 N–H and O–H groups in total. The molecule has 2 rings (SSSR count). The van der Waals surface area contributed by atoms with Gasteiger partial charge < -0.3 is 16.2 Å². The fourth-order valence-electron chi connectivity index (χ4n) is 1.66. The highest BCUT2D eigenvalue weighted by molar-refractivity contribution is 6.33. The highest BCUT2D eigenvalue weighted by atomic mass is 35.5. The van der Waals surface area contributed by atoms with Crippen molar-refractivity contribution in [2.75, 3.05) is 5.32 Å². The van der Waals surface area contributed by atoms with E-state index >= 15 is 0 Å². The van der Waals surface area contributed by atoms with E-state index in [-0.39, 0.29) is 21.8 Å². The number of hydrogen-bond acceptors (Lipinski definition) is 3. The van der Waals surface area contributed by atoms with Gasteiger partial charge in [0, 0.05) is 5.56 Å². The standard InChI is InChI=1S/C14H10ClFN2O3/c15-9-5-8(14(20)21)2-3-11(9)18-12-4-1-7(13(17)19)6-10(12)16/h1-6,18H,(H2,17,19)(H,20,21). The van der Waals surface area contributed by atoms with Crippen molar-refractivity contribution in [1.82, 2.24) is 0 Å². The van der Waals surface area contributed by atoms with Crippen LogP contribution in [0, 0.1) is 5.82 Å². The van der Waals surface area contributed by atoms with Gasteiger partial charge in [-0.2, -0.15) is 0 Å². The van der Waals surface area contributed by atoms with Crippen molar-refractivity contribution in [2.24, 2.45) is 5.73 Å². The molecule has 0 saturated heterocycles. The molecule has 0 atom stereocenters. The average Bonchev–Trinajstić information content (AvgIpc) is 2.42. The molecule has 0 aliphatic rings. The summed E-state index contributed by atoms with van der Waals surface area (Å²) < 4.78 is 13.8. The van der Waals surface area contributed by atoms with Crippen molar-refractivity contribution in [3.8, 4) is 0 Å². The SMILES string of the molecule is NC(=O)c1ccc(Nc2ccc(C(=O)O)cc2Cl)c(F)c1. The number of nitrogens with one attached hydrogen (secondary N) is 1. The van der Waals surface area contributed by atoms with Crippen LogP contribution in [-0.2, 0) is 0 Å². The lowest BCUT2D eigenvalue weighted by atomic mass is 10.1. The average molecular weight is 309 g/mol. The molecule has 2 aromatic carbocycles. The molecule has 0 unspecified atom stereocenters. The third-order valence-corrected chi connectivity index (χ3v) is 3.05. The molecule has 0 radical (unpaired) electrons. The third kappa shape index (κ3) is 3.29. The van der Waals surface area contributed by atoms with Gasteiger partial charge in [0.1, 0.15) is 5.82 Å². The van der Waals surface area contributed by atoms with Crippen molar-refractivity contribution in [3.63, 3.8) is 0 Å². The Kier molecular flexibility index (Phi) is 4.09. The zero-order valence-corrected chi connectivity index (χ0v) is 11.3. The molecule has 0 heterocycles. The number of halogens is 2. The number of benzene rings is 2. The Bertz CT molecular complexity index is 673. The number of primary amides is 1. The van der Waals surface area contributed by atoms with Gasteiger partial charge >= 0.3 is 5.97 Å². The number of carbonyl (C=O) groups is 2. The van der Waals surface area contributed by atoms with Gasteiger partial charge in [-0.1, -0.05) is 11.6 Å². The smallest absolute Gasteiger partial charge is 0.335 e. The molecule has 5 nitrogen and oxygen atoms in total. The summed E-state index contributed by atoms with van der Waals surface area (Å²) in [6.07, 6.45) is 0. The van der Waals surface area contributed by atoms with E-state index in [1.807, 2.05) is 0 Å². The van der Waals surface area contributed by atoms with Crippen molar-refractivity contribution in [2.45, 2.75) is 0 Å². The minimum atomic E-state index is -1.11. The second-order valence-electron chi connectivity index (χ2n) is 4.18. The fourth-order valence-corrected chi connectivity index (χ4v) is 1.89. The molecule has 2 aromatic rings. The number of anilines is 2. The molecule has 7 heteroatoms. The van der Waals surface area contributed by atoms with Gasteiger partial charge in [-0.25, -0.2) is 9.18 Å². The first-order chi connectivity index (χ1) is 9.88. The van der Waals surface area contributed by atoms with E-state index < -0.39 is 17.7 Å². The van der Waals surface area contributed by atoms with Crippen LogP contribution in [0.2, 0.25) is 5.02 Å². The van der Waals surface area contributed by atoms with E-state index in [2.05, 4.69) is 5.32 Å². The zero-order valence-electron chi connectivity index (χ0n) is 10.6. The lowest BCUT2D eigenvalue weighted by Crippen LogP contribution is -2.11. The Morgan fingerprint density at radius 1 is 1.10 bits per heavy atom. The first-order valence-electron chi connectivity index (χ1n) is 5.77. The molecule has 0 spiro atoms. The maximum Gasteiger partial charge on any atom is 0.335 e. The molecule has 0 aliphatic carbocycles. The maximum absolute atomic E-state index is 13.8. The molecular weight excluding hydrogens is 299 g/mol. The van der Waals surface area contributed by atoms with Crippen LogP contribution in [0.4, 0.5) is 15.8 Å². The van der Waals surface area contributed by atoms with Gasteiger partial charge in [-0.3, -0.25) is 4.79 Å². The summed E-state index contributed by atoms with van der Waals surface area (Å²) in [5.41, 5.74) is 5.55. The van der Waals surface area contributed by atoms with Crippen molar-refractivity contribution in [1.29, 1.82) is 0 Å². The number of carboxylic acid groups (broad SMARTS) is 1. The first-order valence-corrected chi connectivity index (χ1v) is 6.15. The van der Waals surface area contributed by atoms with Crippen LogP contribution in [0.5, 0.6) is 0 Å². The van der Waals surface area contributed by atoms with Crippen molar-refractivity contribution < 1.29 is 19.1 Å². The summed E-state index contributed by atoms with van der Waals surface area (Å²) in [5.74, 6) is -2.52. The molecule has 0 aromatic heterocycles. The van der Waals surface area contributed by atoms with E-state index in [1.54, 1.807) is 0 Å². The Labute approximate surface area is 124 Å². The Morgan fingerprint density at radius 2 is 1.71 bits per heavy atom. The largest absolute Gasteiger partial charge is 0.478 e. The van der Waals surface area contributed by atoms with Crippen LogP contribution in [0.15, 0.2) is 36.4 Å². The molecule has 1 amide bonds. The number of rotatable bonds is 4. The second-order valence-corrected chi connectivity index (χ2v) is 4.59. The molecular formula is C14H10ClFN2O3. The predicted octanol–water partition coefficient (Wildman–Crippen LogP) is 3.02. The molecule has 0 aliphatic heterocycles. The number of hydrogen-bond donors (Lipinski definition) is 3. The first kappa shape index (κ1) is 14.8. The van der Waals surface area contributed by atoms with Crippen LogP contribution in [-0.4, -0.2) is 17.0 Å². The number of nitrogens with two attached hydrogens (primary N) is 1. The highest BCUT2D eigenvalue weighted by Crippen LogP contribution is 2.28. The quantitative estimate of drug-likeness (QED) is 0.809. The number of amides is 1. The van der Waals surface area contributed by atoms with E-state index in [0.717, 1.165) is 6.07 Å². The molecule has 0 bridgehead atoms. The van der Waals surface area contributed by atoms with E-state index in [9.17, 15) is 14.0 Å². The summed E-state index contributed by atoms with van der Waals surface area (Å²) in [6.45, 7) is 0. The fraction of sp³-hybridized carbons (Fsp3) is 0. The molecule has 21 heavy (non-hydrogen) atoms. The molecule has 0 fully saturated rings. The second kappa shape index (κ2) is 5.80. The van der Waals surface area contributed by atoms with Gasteiger partial charge in [-0.05, 0) is 36.4 Å². The van der Waals surface area contributed by atoms with E-state index in [4.69, 9.17) is 22.4 Å². The van der Waals surface area contributed by atoms with Crippen LogP contribution in [0.25, 0.3) is 0 Å². The Morgan fingerprint density at radius 3 is 2.24 bits per heavy atom. The third-order valence-electron chi connectivity index (χ3n) is 2.74. The number of carboxylic acids is 1. The Hall–Kier alpha value is -2.60. The number of carbonyl (C=O) groups excluding carboxylic acids is 1. The van der Waals surface area contributed by atoms with Crippen LogP contribution in [0.3, 0.4) is 0 Å². The lowest BCUT2D eigenvalue weighted by Gasteiger charge is -2.10. The minimum Gasteiger partial charge on any atom is -0.478 e. The van der Waals surface area contributed by atoms with Crippen LogP contribution < -0.4 is 11.1 Å². The van der Waals surface area contributed by atoms with Crippen LogP contribution in [0.1, 0.15) is 20.7 Å². The monoisotopic (exact) mass is 308 g/mol. The topological polar surface area (TPSA) is 92.4 Å². The predicted molar refractivity (Wildman–Crippen MR) is 76.6 cm³/mol. The van der Waals surface area contributed by atoms with Gasteiger partial charge in [0.2, 0.25) is 5.91 Å². The minimum absolute atomic E-state index is 0.0232. The summed E-state index contributed by atoms with van der Waals surface area (Å²) in [5, 5.41) is 11.7. The summed E-state index contributed by atoms with van der Waals surface area (Å²) >= 11 is 5.94. The molecule has 0 saturated carbocycles. The lowest BCUT2D eigenvalue weighted by molar-refractivity contribution is 0.0696. The van der Waals surface area contributed by atoms with Gasteiger partial charge in [-0.15, -0.1) is 0 Å². The highest BCUT2D eigenvalue weighted by Gasteiger charge is 2.10. The number of aromatic carboxylic acids is 1. The van der Waals surface area contributed by atoms with Gasteiger partial charge in [0.15, 0.2) is 0 Å². The maximum atomic E-state index is 13.8. The van der Waals surface area contributed by atoms with E-state index in [1.165, 1.54) is 30.3 Å². The zero-order chi connectivity index (χ0) is 15.6. The van der Waals surface area contributed by atoms with Gasteiger partial charge in [0.05, 0.1) is 22.0 Å². The van der Waals surface area contributed by atoms with Crippen LogP contribution >= 0.6 is 11.6 Å². The van der Waals surface area contributed by atoms with Crippen molar-refractivity contribution >= 4 is 34.9 Å². The molecule has 108 valence electrons.